The summed E-state index contributed by atoms with van der Waals surface area (Å²) in [5, 5.41) is 17.4. The standard InChI is InChI=1S/C20H31N3O2/c1-14(2)22-17-6-5-15(3)11-16(17)19(25)23-10-4-8-20(13-23)12-21-9-7-18(20)24/h5-6,11,14,18,21-22,24H,4,7-10,12-13H2,1-3H3/t18-,20-/m0/s1. The zero-order chi connectivity index (χ0) is 18.0. The molecule has 1 aromatic rings. The molecule has 1 amide bonds. The lowest BCUT2D eigenvalue weighted by Crippen LogP contribution is -2.58. The third kappa shape index (κ3) is 3.82. The Hall–Kier alpha value is -1.59. The van der Waals surface area contributed by atoms with Crippen LogP contribution in [0.25, 0.3) is 0 Å². The number of rotatable bonds is 3. The molecule has 5 heteroatoms. The number of nitrogens with one attached hydrogen (secondary N) is 2. The number of piperidine rings is 2. The summed E-state index contributed by atoms with van der Waals surface area (Å²) in [7, 11) is 0. The molecule has 2 aliphatic rings. The van der Waals surface area contributed by atoms with E-state index in [1.807, 2.05) is 30.0 Å². The van der Waals surface area contributed by atoms with Crippen molar-refractivity contribution in [3.63, 3.8) is 0 Å². The van der Waals surface area contributed by atoms with Gasteiger partial charge in [-0.3, -0.25) is 4.79 Å². The predicted molar refractivity (Wildman–Crippen MR) is 101 cm³/mol. The molecule has 0 aliphatic carbocycles. The number of hydrogen-bond donors (Lipinski definition) is 3. The van der Waals surface area contributed by atoms with Crippen LogP contribution >= 0.6 is 0 Å². The first-order chi connectivity index (χ1) is 11.9. The number of aryl methyl sites for hydroxylation is 1. The first-order valence-electron chi connectivity index (χ1n) is 9.46. The molecule has 0 bridgehead atoms. The van der Waals surface area contributed by atoms with Gasteiger partial charge in [-0.1, -0.05) is 11.6 Å². The van der Waals surface area contributed by atoms with Gasteiger partial charge in [-0.2, -0.15) is 0 Å². The van der Waals surface area contributed by atoms with Gasteiger partial charge in [-0.25, -0.2) is 0 Å². The van der Waals surface area contributed by atoms with E-state index in [2.05, 4.69) is 24.5 Å². The second-order valence-electron chi connectivity index (χ2n) is 8.02. The lowest BCUT2D eigenvalue weighted by atomic mass is 9.72. The van der Waals surface area contributed by atoms with Crippen LogP contribution < -0.4 is 10.6 Å². The Morgan fingerprint density at radius 1 is 1.44 bits per heavy atom. The predicted octanol–water partition coefficient (Wildman–Crippen LogP) is 2.39. The van der Waals surface area contributed by atoms with E-state index in [4.69, 9.17) is 0 Å². The number of amides is 1. The van der Waals surface area contributed by atoms with Crippen molar-refractivity contribution in [2.45, 2.75) is 52.2 Å². The highest BCUT2D eigenvalue weighted by molar-refractivity contribution is 6.00. The number of nitrogens with zero attached hydrogens (tertiary/aromatic N) is 1. The summed E-state index contributed by atoms with van der Waals surface area (Å²) in [6.07, 6.45) is 2.38. The summed E-state index contributed by atoms with van der Waals surface area (Å²) in [6.45, 7) is 9.22. The Labute approximate surface area is 150 Å². The Morgan fingerprint density at radius 3 is 2.96 bits per heavy atom. The number of carbonyl (C=O) groups excluding carboxylic acids is 1. The third-order valence-electron chi connectivity index (χ3n) is 5.52. The van der Waals surface area contributed by atoms with Crippen molar-refractivity contribution in [3.05, 3.63) is 29.3 Å². The van der Waals surface area contributed by atoms with Gasteiger partial charge in [0.15, 0.2) is 0 Å². The van der Waals surface area contributed by atoms with Gasteiger partial charge in [0, 0.05) is 36.8 Å². The molecule has 2 aliphatic heterocycles. The van der Waals surface area contributed by atoms with Gasteiger partial charge < -0.3 is 20.6 Å². The zero-order valence-electron chi connectivity index (χ0n) is 15.6. The average molecular weight is 345 g/mol. The molecular formula is C20H31N3O2. The maximum atomic E-state index is 13.3. The van der Waals surface area contributed by atoms with E-state index in [0.29, 0.717) is 6.54 Å². The molecule has 5 nitrogen and oxygen atoms in total. The Balaban J connectivity index is 1.84. The van der Waals surface area contributed by atoms with Crippen LogP contribution in [0.5, 0.6) is 0 Å². The minimum Gasteiger partial charge on any atom is -0.392 e. The minimum atomic E-state index is -0.324. The molecule has 2 atom stereocenters. The highest BCUT2D eigenvalue weighted by Crippen LogP contribution is 2.37. The lowest BCUT2D eigenvalue weighted by molar-refractivity contribution is -0.0432. The van der Waals surface area contributed by atoms with Gasteiger partial charge >= 0.3 is 0 Å². The third-order valence-corrected chi connectivity index (χ3v) is 5.52. The number of aliphatic hydroxyl groups is 1. The Morgan fingerprint density at radius 2 is 2.24 bits per heavy atom. The van der Waals surface area contributed by atoms with E-state index in [0.717, 1.165) is 55.7 Å². The molecule has 3 N–H and O–H groups in total. The van der Waals surface area contributed by atoms with Gasteiger partial charge in [0.05, 0.1) is 11.7 Å². The van der Waals surface area contributed by atoms with Crippen LogP contribution in [0.1, 0.15) is 49.0 Å². The largest absolute Gasteiger partial charge is 0.392 e. The van der Waals surface area contributed by atoms with Crippen LogP contribution in [0.3, 0.4) is 0 Å². The van der Waals surface area contributed by atoms with E-state index in [9.17, 15) is 9.90 Å². The van der Waals surface area contributed by atoms with Crippen LogP contribution in [0.2, 0.25) is 0 Å². The van der Waals surface area contributed by atoms with Crippen LogP contribution in [0.4, 0.5) is 5.69 Å². The van der Waals surface area contributed by atoms with Crippen LogP contribution in [-0.4, -0.2) is 54.2 Å². The molecule has 2 fully saturated rings. The summed E-state index contributed by atoms with van der Waals surface area (Å²) in [4.78, 5) is 15.2. The molecule has 3 rings (SSSR count). The summed E-state index contributed by atoms with van der Waals surface area (Å²) < 4.78 is 0. The van der Waals surface area contributed by atoms with Gasteiger partial charge in [0.1, 0.15) is 0 Å². The molecule has 25 heavy (non-hydrogen) atoms. The van der Waals surface area contributed by atoms with Crippen molar-refractivity contribution in [1.29, 1.82) is 0 Å². The first-order valence-corrected chi connectivity index (χ1v) is 9.46. The molecule has 2 saturated heterocycles. The monoisotopic (exact) mass is 345 g/mol. The fourth-order valence-electron chi connectivity index (χ4n) is 4.19. The molecule has 0 radical (unpaired) electrons. The van der Waals surface area contributed by atoms with Crippen molar-refractivity contribution in [1.82, 2.24) is 10.2 Å². The quantitative estimate of drug-likeness (QED) is 0.787. The van der Waals surface area contributed by atoms with Crippen LogP contribution in [-0.2, 0) is 0 Å². The zero-order valence-corrected chi connectivity index (χ0v) is 15.6. The summed E-state index contributed by atoms with van der Waals surface area (Å²) in [5.74, 6) is 0.0729. The van der Waals surface area contributed by atoms with E-state index in [1.165, 1.54) is 0 Å². The summed E-state index contributed by atoms with van der Waals surface area (Å²) in [5.41, 5.74) is 2.53. The van der Waals surface area contributed by atoms with Crippen LogP contribution in [0, 0.1) is 12.3 Å². The average Bonchev–Trinajstić information content (AvgIpc) is 2.58. The van der Waals surface area contributed by atoms with Gasteiger partial charge in [-0.15, -0.1) is 0 Å². The molecule has 0 saturated carbocycles. The topological polar surface area (TPSA) is 64.6 Å². The van der Waals surface area contributed by atoms with Crippen molar-refractivity contribution < 1.29 is 9.90 Å². The number of anilines is 1. The molecule has 0 aromatic heterocycles. The highest BCUT2D eigenvalue weighted by atomic mass is 16.3. The number of hydrogen-bond acceptors (Lipinski definition) is 4. The van der Waals surface area contributed by atoms with Crippen molar-refractivity contribution in [2.24, 2.45) is 5.41 Å². The SMILES string of the molecule is Cc1ccc(NC(C)C)c(C(=O)N2CCC[C@]3(CNCC[C@@H]3O)C2)c1. The minimum absolute atomic E-state index is 0.0729. The van der Waals surface area contributed by atoms with Gasteiger partial charge in [-0.05, 0) is 58.7 Å². The van der Waals surface area contributed by atoms with E-state index in [1.54, 1.807) is 0 Å². The molecule has 2 heterocycles. The maximum absolute atomic E-state index is 13.3. The smallest absolute Gasteiger partial charge is 0.255 e. The van der Waals surface area contributed by atoms with E-state index in [-0.39, 0.29) is 23.5 Å². The Bertz CT molecular complexity index is 627. The van der Waals surface area contributed by atoms with Crippen LogP contribution in [0.15, 0.2) is 18.2 Å². The highest BCUT2D eigenvalue weighted by Gasteiger charge is 2.44. The summed E-state index contributed by atoms with van der Waals surface area (Å²) >= 11 is 0. The number of likely N-dealkylation sites (tertiary alicyclic amines) is 1. The molecule has 1 aromatic carbocycles. The second-order valence-corrected chi connectivity index (χ2v) is 8.02. The maximum Gasteiger partial charge on any atom is 0.255 e. The summed E-state index contributed by atoms with van der Waals surface area (Å²) in [6, 6.07) is 6.28. The van der Waals surface area contributed by atoms with E-state index < -0.39 is 0 Å². The number of benzene rings is 1. The molecule has 138 valence electrons. The molecular weight excluding hydrogens is 314 g/mol. The second kappa shape index (κ2) is 7.34. The molecule has 1 spiro atoms. The van der Waals surface area contributed by atoms with Gasteiger partial charge in [0.2, 0.25) is 0 Å². The van der Waals surface area contributed by atoms with E-state index >= 15 is 0 Å². The Kier molecular flexibility index (Phi) is 5.35. The normalized spacial score (nSPS) is 26.9. The lowest BCUT2D eigenvalue weighted by Gasteiger charge is -2.48. The fraction of sp³-hybridized carbons (Fsp3) is 0.650. The number of carbonyl (C=O) groups is 1. The van der Waals surface area contributed by atoms with Crippen molar-refractivity contribution in [2.75, 3.05) is 31.5 Å². The van der Waals surface area contributed by atoms with Gasteiger partial charge in [0.25, 0.3) is 5.91 Å². The number of aliphatic hydroxyl groups excluding tert-OH is 1. The first kappa shape index (κ1) is 18.2. The molecule has 0 unspecified atom stereocenters. The fourth-order valence-corrected chi connectivity index (χ4v) is 4.19. The van der Waals surface area contributed by atoms with Crippen molar-refractivity contribution >= 4 is 11.6 Å². The van der Waals surface area contributed by atoms with Crippen molar-refractivity contribution in [3.8, 4) is 0 Å².